The summed E-state index contributed by atoms with van der Waals surface area (Å²) >= 11 is 0. The zero-order valence-corrected chi connectivity index (χ0v) is 16.7. The van der Waals surface area contributed by atoms with Gasteiger partial charge in [0.25, 0.3) is 0 Å². The predicted octanol–water partition coefficient (Wildman–Crippen LogP) is 2.49. The lowest BCUT2D eigenvalue weighted by Crippen LogP contribution is -2.57. The van der Waals surface area contributed by atoms with E-state index in [2.05, 4.69) is 23.6 Å². The van der Waals surface area contributed by atoms with Gasteiger partial charge in [0.05, 0.1) is 6.10 Å². The molecule has 2 fully saturated rings. The van der Waals surface area contributed by atoms with Crippen LogP contribution in [0, 0.1) is 10.8 Å². The Labute approximate surface area is 163 Å². The average Bonchev–Trinajstić information content (AvgIpc) is 3.10. The standard InChI is InChI=1S/C22H34N2O3/c1-21(2,16-23-11-6-7-12-23)17-24-13-10-22(20(26)27,19(25)15-24)14-18-8-4-3-5-9-18/h3-5,8-9,19,25H,6-7,10-17H2,1-2H3,(H,26,27)/t19-,22+/m0/s1. The Hall–Kier alpha value is -1.43. The number of rotatable bonds is 7. The van der Waals surface area contributed by atoms with Gasteiger partial charge in [0.15, 0.2) is 0 Å². The number of carbonyl (C=O) groups is 1. The summed E-state index contributed by atoms with van der Waals surface area (Å²) < 4.78 is 0. The summed E-state index contributed by atoms with van der Waals surface area (Å²) in [6.07, 6.45) is 2.60. The molecule has 3 rings (SSSR count). The van der Waals surface area contributed by atoms with E-state index in [1.165, 1.54) is 25.9 Å². The molecule has 0 spiro atoms. The molecular weight excluding hydrogens is 340 g/mol. The number of hydrogen-bond donors (Lipinski definition) is 2. The lowest BCUT2D eigenvalue weighted by molar-refractivity contribution is -0.163. The minimum absolute atomic E-state index is 0.132. The highest BCUT2D eigenvalue weighted by Crippen LogP contribution is 2.37. The minimum atomic E-state index is -1.09. The molecule has 2 aliphatic heterocycles. The highest BCUT2D eigenvalue weighted by atomic mass is 16.4. The SMILES string of the molecule is CC(C)(CN1CCCC1)CN1CC[C@](Cc2ccccc2)(C(=O)O)[C@@H](O)C1. The molecule has 2 atom stereocenters. The zero-order valence-electron chi connectivity index (χ0n) is 16.7. The third-order valence-corrected chi connectivity index (χ3v) is 6.23. The maximum Gasteiger partial charge on any atom is 0.312 e. The van der Waals surface area contributed by atoms with Crippen molar-refractivity contribution in [3.63, 3.8) is 0 Å². The van der Waals surface area contributed by atoms with Crippen LogP contribution in [0.5, 0.6) is 0 Å². The Morgan fingerprint density at radius 2 is 1.74 bits per heavy atom. The molecule has 150 valence electrons. The average molecular weight is 375 g/mol. The molecule has 27 heavy (non-hydrogen) atoms. The maximum absolute atomic E-state index is 12.1. The third-order valence-electron chi connectivity index (χ3n) is 6.23. The van der Waals surface area contributed by atoms with Gasteiger partial charge in [-0.15, -0.1) is 0 Å². The van der Waals surface area contributed by atoms with Crippen LogP contribution in [-0.4, -0.2) is 71.4 Å². The van der Waals surface area contributed by atoms with Crippen LogP contribution in [0.1, 0.15) is 38.7 Å². The molecule has 2 heterocycles. The summed E-state index contributed by atoms with van der Waals surface area (Å²) in [6, 6.07) is 9.67. The third kappa shape index (κ3) is 4.89. The Kier molecular flexibility index (Phi) is 6.24. The quantitative estimate of drug-likeness (QED) is 0.768. The van der Waals surface area contributed by atoms with Crippen molar-refractivity contribution < 1.29 is 15.0 Å². The van der Waals surface area contributed by atoms with Gasteiger partial charge in [-0.25, -0.2) is 0 Å². The molecule has 5 nitrogen and oxygen atoms in total. The first kappa shape index (κ1) is 20.3. The number of likely N-dealkylation sites (tertiary alicyclic amines) is 2. The summed E-state index contributed by atoms with van der Waals surface area (Å²) in [6.45, 7) is 10.0. The molecule has 0 radical (unpaired) electrons. The van der Waals surface area contributed by atoms with Gasteiger partial charge in [-0.1, -0.05) is 44.2 Å². The second kappa shape index (κ2) is 8.29. The van der Waals surface area contributed by atoms with Gasteiger partial charge in [-0.3, -0.25) is 4.79 Å². The van der Waals surface area contributed by atoms with Crippen molar-refractivity contribution >= 4 is 5.97 Å². The van der Waals surface area contributed by atoms with Crippen LogP contribution in [0.15, 0.2) is 30.3 Å². The number of aliphatic hydroxyl groups is 1. The summed E-state index contributed by atoms with van der Waals surface area (Å²) in [5, 5.41) is 20.8. The van der Waals surface area contributed by atoms with Crippen LogP contribution in [0.3, 0.4) is 0 Å². The first-order valence-electron chi connectivity index (χ1n) is 10.2. The van der Waals surface area contributed by atoms with Gasteiger partial charge in [0.2, 0.25) is 0 Å². The van der Waals surface area contributed by atoms with Gasteiger partial charge in [0.1, 0.15) is 5.41 Å². The van der Waals surface area contributed by atoms with Crippen LogP contribution < -0.4 is 0 Å². The van der Waals surface area contributed by atoms with Crippen molar-refractivity contribution in [2.24, 2.45) is 10.8 Å². The number of benzene rings is 1. The molecule has 2 N–H and O–H groups in total. The summed E-state index contributed by atoms with van der Waals surface area (Å²) in [4.78, 5) is 16.9. The van der Waals surface area contributed by atoms with E-state index in [1.807, 2.05) is 30.3 Å². The van der Waals surface area contributed by atoms with E-state index in [-0.39, 0.29) is 5.41 Å². The number of aliphatic hydroxyl groups excluding tert-OH is 1. The number of piperidine rings is 1. The van der Waals surface area contributed by atoms with E-state index in [0.29, 0.717) is 19.4 Å². The fraction of sp³-hybridized carbons (Fsp3) is 0.682. The Morgan fingerprint density at radius 1 is 1.11 bits per heavy atom. The van der Waals surface area contributed by atoms with E-state index >= 15 is 0 Å². The Balaban J connectivity index is 1.63. The van der Waals surface area contributed by atoms with Crippen molar-refractivity contribution in [2.45, 2.75) is 45.6 Å². The molecule has 0 saturated carbocycles. The fourth-order valence-electron chi connectivity index (χ4n) is 4.87. The molecule has 0 amide bonds. The van der Waals surface area contributed by atoms with Crippen molar-refractivity contribution in [1.82, 2.24) is 9.80 Å². The van der Waals surface area contributed by atoms with Crippen LogP contribution in [0.25, 0.3) is 0 Å². The zero-order chi connectivity index (χ0) is 19.5. The first-order chi connectivity index (χ1) is 12.8. The number of carboxylic acid groups (broad SMARTS) is 1. The lowest BCUT2D eigenvalue weighted by Gasteiger charge is -2.45. The second-order valence-electron chi connectivity index (χ2n) is 9.27. The second-order valence-corrected chi connectivity index (χ2v) is 9.27. The first-order valence-corrected chi connectivity index (χ1v) is 10.2. The molecule has 5 heteroatoms. The molecule has 0 aromatic heterocycles. The van der Waals surface area contributed by atoms with Crippen LogP contribution in [0.2, 0.25) is 0 Å². The van der Waals surface area contributed by atoms with Crippen molar-refractivity contribution in [3.8, 4) is 0 Å². The molecule has 0 aliphatic carbocycles. The van der Waals surface area contributed by atoms with Crippen LogP contribution >= 0.6 is 0 Å². The molecular formula is C22H34N2O3. The molecule has 0 unspecified atom stereocenters. The topological polar surface area (TPSA) is 64.0 Å². The van der Waals surface area contributed by atoms with Gasteiger partial charge in [-0.05, 0) is 56.3 Å². The normalized spacial score (nSPS) is 27.7. The van der Waals surface area contributed by atoms with Crippen LogP contribution in [0.4, 0.5) is 0 Å². The maximum atomic E-state index is 12.1. The summed E-state index contributed by atoms with van der Waals surface area (Å²) in [5.41, 5.74) is 0.0192. The molecule has 0 bridgehead atoms. The number of nitrogens with zero attached hydrogens (tertiary/aromatic N) is 2. The molecule has 1 aromatic carbocycles. The van der Waals surface area contributed by atoms with Gasteiger partial charge < -0.3 is 20.0 Å². The van der Waals surface area contributed by atoms with E-state index in [9.17, 15) is 15.0 Å². The van der Waals surface area contributed by atoms with E-state index in [1.54, 1.807) is 0 Å². The summed E-state index contributed by atoms with van der Waals surface area (Å²) in [7, 11) is 0. The van der Waals surface area contributed by atoms with Gasteiger partial charge in [-0.2, -0.15) is 0 Å². The van der Waals surface area contributed by atoms with Crippen LogP contribution in [-0.2, 0) is 11.2 Å². The highest BCUT2D eigenvalue weighted by Gasteiger charge is 2.49. The number of aliphatic carboxylic acids is 1. The fourth-order valence-corrected chi connectivity index (χ4v) is 4.87. The van der Waals surface area contributed by atoms with Crippen molar-refractivity contribution in [2.75, 3.05) is 39.3 Å². The van der Waals surface area contributed by atoms with Gasteiger partial charge in [0, 0.05) is 19.6 Å². The van der Waals surface area contributed by atoms with Crippen molar-refractivity contribution in [1.29, 1.82) is 0 Å². The highest BCUT2D eigenvalue weighted by molar-refractivity contribution is 5.76. The predicted molar refractivity (Wildman–Crippen MR) is 107 cm³/mol. The largest absolute Gasteiger partial charge is 0.481 e. The number of hydrogen-bond acceptors (Lipinski definition) is 4. The lowest BCUT2D eigenvalue weighted by atomic mass is 9.71. The minimum Gasteiger partial charge on any atom is -0.481 e. The molecule has 2 aliphatic rings. The number of carboxylic acids is 1. The van der Waals surface area contributed by atoms with Crippen molar-refractivity contribution in [3.05, 3.63) is 35.9 Å². The van der Waals surface area contributed by atoms with E-state index < -0.39 is 17.5 Å². The number of β-amino-alcohol motifs (C(OH)–C–C–N with tert-alkyl or cyclic N) is 1. The Bertz CT molecular complexity index is 628. The van der Waals surface area contributed by atoms with E-state index in [4.69, 9.17) is 0 Å². The monoisotopic (exact) mass is 374 g/mol. The van der Waals surface area contributed by atoms with Gasteiger partial charge >= 0.3 is 5.97 Å². The molecule has 1 aromatic rings. The summed E-state index contributed by atoms with van der Waals surface area (Å²) in [5.74, 6) is -0.880. The Morgan fingerprint density at radius 3 is 2.33 bits per heavy atom. The molecule has 2 saturated heterocycles. The smallest absolute Gasteiger partial charge is 0.312 e. The van der Waals surface area contributed by atoms with E-state index in [0.717, 1.165) is 25.2 Å².